The fourth-order valence-electron chi connectivity index (χ4n) is 2.68. The van der Waals surface area contributed by atoms with Gasteiger partial charge in [0.15, 0.2) is 5.78 Å². The summed E-state index contributed by atoms with van der Waals surface area (Å²) in [4.78, 5) is 22.1. The Morgan fingerprint density at radius 1 is 0.917 bits per heavy atom. The molecule has 0 saturated heterocycles. The van der Waals surface area contributed by atoms with E-state index in [1.807, 2.05) is 50.2 Å². The third-order valence-corrected chi connectivity index (χ3v) is 3.74. The predicted molar refractivity (Wildman–Crippen MR) is 93.5 cm³/mol. The van der Waals surface area contributed by atoms with Gasteiger partial charge in [0.1, 0.15) is 19.0 Å². The van der Waals surface area contributed by atoms with Crippen LogP contribution in [0.4, 0.5) is 0 Å². The highest BCUT2D eigenvalue weighted by Crippen LogP contribution is 2.31. The van der Waals surface area contributed by atoms with Crippen LogP contribution in [0.25, 0.3) is 11.1 Å². The maximum Gasteiger partial charge on any atom is 0.302 e. The molecule has 0 saturated carbocycles. The van der Waals surface area contributed by atoms with E-state index in [4.69, 9.17) is 9.47 Å². The minimum absolute atomic E-state index is 0.0616. The molecule has 2 rings (SSSR count). The van der Waals surface area contributed by atoms with Gasteiger partial charge in [-0.15, -0.1) is 0 Å². The zero-order valence-electron chi connectivity index (χ0n) is 14.5. The minimum atomic E-state index is -0.310. The van der Waals surface area contributed by atoms with E-state index in [1.165, 1.54) is 6.92 Å². The molecule has 0 aromatic heterocycles. The van der Waals surface area contributed by atoms with Gasteiger partial charge in [0.25, 0.3) is 0 Å². The van der Waals surface area contributed by atoms with Gasteiger partial charge in [-0.2, -0.15) is 0 Å². The molecule has 0 unspecified atom stereocenters. The van der Waals surface area contributed by atoms with Crippen LogP contribution in [-0.2, 0) is 9.53 Å². The molecule has 126 valence electrons. The quantitative estimate of drug-likeness (QED) is 0.455. The average Bonchev–Trinajstić information content (AvgIpc) is 2.51. The molecule has 0 N–H and O–H groups in total. The fraction of sp³-hybridized carbons (Fsp3) is 0.300. The number of ketones is 1. The highest BCUT2D eigenvalue weighted by Gasteiger charge is 2.09. The zero-order valence-corrected chi connectivity index (χ0v) is 14.5. The van der Waals surface area contributed by atoms with Crippen LogP contribution < -0.4 is 4.74 Å². The van der Waals surface area contributed by atoms with Crippen molar-refractivity contribution >= 4 is 11.8 Å². The number of rotatable bonds is 6. The van der Waals surface area contributed by atoms with E-state index in [2.05, 4.69) is 0 Å². The number of ether oxygens (including phenoxy) is 2. The summed E-state index contributed by atoms with van der Waals surface area (Å²) in [6.07, 6.45) is 0. The van der Waals surface area contributed by atoms with Crippen LogP contribution in [0.5, 0.6) is 5.75 Å². The first kappa shape index (κ1) is 17.7. The molecular formula is C20H22O4. The SMILES string of the molecule is CC(=O)OCCOc1cc(C)c(-c2ccc(C(C)=O)cc2)c(C)c1. The van der Waals surface area contributed by atoms with Gasteiger partial charge in [0.05, 0.1) is 0 Å². The Balaban J connectivity index is 2.17. The molecule has 24 heavy (non-hydrogen) atoms. The molecule has 0 bridgehead atoms. The summed E-state index contributed by atoms with van der Waals surface area (Å²) in [6, 6.07) is 11.6. The van der Waals surface area contributed by atoms with Gasteiger partial charge in [0, 0.05) is 12.5 Å². The Morgan fingerprint density at radius 2 is 1.50 bits per heavy atom. The maximum atomic E-state index is 11.4. The van der Waals surface area contributed by atoms with E-state index in [0.29, 0.717) is 12.2 Å². The first-order valence-electron chi connectivity index (χ1n) is 7.87. The first-order chi connectivity index (χ1) is 11.4. The second-order valence-corrected chi connectivity index (χ2v) is 5.75. The number of esters is 1. The second-order valence-electron chi connectivity index (χ2n) is 5.75. The van der Waals surface area contributed by atoms with Crippen LogP contribution >= 0.6 is 0 Å². The largest absolute Gasteiger partial charge is 0.490 e. The van der Waals surface area contributed by atoms with Crippen molar-refractivity contribution in [3.05, 3.63) is 53.1 Å². The van der Waals surface area contributed by atoms with E-state index >= 15 is 0 Å². The molecule has 4 heteroatoms. The Labute approximate surface area is 142 Å². The molecule has 0 fully saturated rings. The topological polar surface area (TPSA) is 52.6 Å². The fourth-order valence-corrected chi connectivity index (χ4v) is 2.68. The summed E-state index contributed by atoms with van der Waals surface area (Å²) in [6.45, 7) is 7.56. The van der Waals surface area contributed by atoms with Gasteiger partial charge in [-0.3, -0.25) is 9.59 Å². The van der Waals surface area contributed by atoms with Gasteiger partial charge in [0.2, 0.25) is 0 Å². The maximum absolute atomic E-state index is 11.4. The van der Waals surface area contributed by atoms with Crippen LogP contribution in [0.15, 0.2) is 36.4 Å². The molecule has 2 aromatic carbocycles. The first-order valence-corrected chi connectivity index (χ1v) is 7.87. The number of aryl methyl sites for hydroxylation is 2. The third-order valence-electron chi connectivity index (χ3n) is 3.74. The molecule has 0 aliphatic heterocycles. The molecule has 0 heterocycles. The molecule has 2 aromatic rings. The number of Topliss-reactive ketones (excluding diaryl/α,β-unsaturated/α-hetero) is 1. The summed E-state index contributed by atoms with van der Waals surface area (Å²) in [5.74, 6) is 0.503. The number of carbonyl (C=O) groups is 2. The van der Waals surface area contributed by atoms with Crippen LogP contribution in [0, 0.1) is 13.8 Å². The van der Waals surface area contributed by atoms with Gasteiger partial charge >= 0.3 is 5.97 Å². The molecule has 0 aliphatic rings. The molecule has 0 radical (unpaired) electrons. The Bertz CT molecular complexity index is 722. The van der Waals surface area contributed by atoms with E-state index in [0.717, 1.165) is 28.0 Å². The summed E-state index contributed by atoms with van der Waals surface area (Å²) in [7, 11) is 0. The Kier molecular flexibility index (Phi) is 5.74. The van der Waals surface area contributed by atoms with Crippen LogP contribution in [0.2, 0.25) is 0 Å². The highest BCUT2D eigenvalue weighted by molar-refractivity contribution is 5.94. The third kappa shape index (κ3) is 4.44. The number of hydrogen-bond acceptors (Lipinski definition) is 4. The molecular weight excluding hydrogens is 304 g/mol. The van der Waals surface area contributed by atoms with Crippen molar-refractivity contribution < 1.29 is 19.1 Å². The summed E-state index contributed by atoms with van der Waals surface area (Å²) in [5.41, 5.74) is 5.10. The van der Waals surface area contributed by atoms with E-state index in [1.54, 1.807) is 6.92 Å². The monoisotopic (exact) mass is 326 g/mol. The van der Waals surface area contributed by atoms with Crippen molar-refractivity contribution in [1.29, 1.82) is 0 Å². The van der Waals surface area contributed by atoms with Crippen molar-refractivity contribution in [1.82, 2.24) is 0 Å². The second kappa shape index (κ2) is 7.77. The molecule has 0 atom stereocenters. The highest BCUT2D eigenvalue weighted by atomic mass is 16.6. The predicted octanol–water partition coefficient (Wildman–Crippen LogP) is 4.11. The smallest absolute Gasteiger partial charge is 0.302 e. The zero-order chi connectivity index (χ0) is 17.7. The van der Waals surface area contributed by atoms with Crippen LogP contribution in [-0.4, -0.2) is 25.0 Å². The minimum Gasteiger partial charge on any atom is -0.490 e. The van der Waals surface area contributed by atoms with Gasteiger partial charge in [-0.25, -0.2) is 0 Å². The molecule has 0 spiro atoms. The molecule has 4 nitrogen and oxygen atoms in total. The van der Waals surface area contributed by atoms with Crippen molar-refractivity contribution in [3.8, 4) is 16.9 Å². The van der Waals surface area contributed by atoms with E-state index in [-0.39, 0.29) is 18.4 Å². The van der Waals surface area contributed by atoms with E-state index in [9.17, 15) is 9.59 Å². The van der Waals surface area contributed by atoms with Crippen LogP contribution in [0.1, 0.15) is 35.3 Å². The summed E-state index contributed by atoms with van der Waals surface area (Å²) < 4.78 is 10.5. The lowest BCUT2D eigenvalue weighted by atomic mass is 9.94. The Morgan fingerprint density at radius 3 is 2.00 bits per heavy atom. The number of benzene rings is 2. The standard InChI is InChI=1S/C20H22O4/c1-13-11-19(24-10-9-23-16(4)22)12-14(2)20(13)18-7-5-17(6-8-18)15(3)21/h5-8,11-12H,9-10H2,1-4H3. The normalized spacial score (nSPS) is 10.3. The van der Waals surface area contributed by atoms with Crippen molar-refractivity contribution in [3.63, 3.8) is 0 Å². The summed E-state index contributed by atoms with van der Waals surface area (Å²) in [5, 5.41) is 0. The van der Waals surface area contributed by atoms with Crippen molar-refractivity contribution in [2.45, 2.75) is 27.7 Å². The van der Waals surface area contributed by atoms with Gasteiger partial charge in [-0.1, -0.05) is 24.3 Å². The lowest BCUT2D eigenvalue weighted by Gasteiger charge is -2.14. The van der Waals surface area contributed by atoms with E-state index < -0.39 is 0 Å². The molecule has 0 amide bonds. The molecule has 0 aliphatic carbocycles. The van der Waals surface area contributed by atoms with Crippen LogP contribution in [0.3, 0.4) is 0 Å². The van der Waals surface area contributed by atoms with Crippen molar-refractivity contribution in [2.24, 2.45) is 0 Å². The van der Waals surface area contributed by atoms with Crippen molar-refractivity contribution in [2.75, 3.05) is 13.2 Å². The van der Waals surface area contributed by atoms with Gasteiger partial charge in [-0.05, 0) is 55.2 Å². The average molecular weight is 326 g/mol. The number of carbonyl (C=O) groups excluding carboxylic acids is 2. The lowest BCUT2D eigenvalue weighted by Crippen LogP contribution is -2.09. The van der Waals surface area contributed by atoms with Gasteiger partial charge < -0.3 is 9.47 Å². The number of hydrogen-bond donors (Lipinski definition) is 0. The Hall–Kier alpha value is -2.62. The lowest BCUT2D eigenvalue weighted by molar-refractivity contribution is -0.141. The summed E-state index contributed by atoms with van der Waals surface area (Å²) >= 11 is 0.